The lowest BCUT2D eigenvalue weighted by molar-refractivity contribution is 0.179. The SMILES string of the molecule is C=CCc1cc(OCC)cc(CN2CCN(S(=O)(=O)C3CCS(=O)(=O)C3)CC2)c1O. The summed E-state index contributed by atoms with van der Waals surface area (Å²) in [5, 5.41) is 9.79. The molecule has 2 fully saturated rings. The number of piperazine rings is 1. The van der Waals surface area contributed by atoms with Gasteiger partial charge < -0.3 is 9.84 Å². The molecule has 1 unspecified atom stereocenters. The van der Waals surface area contributed by atoms with Crippen LogP contribution in [0, 0.1) is 0 Å². The number of nitrogens with zero attached hydrogens (tertiary/aromatic N) is 2. The van der Waals surface area contributed by atoms with Gasteiger partial charge in [0, 0.05) is 43.9 Å². The zero-order chi connectivity index (χ0) is 21.9. The van der Waals surface area contributed by atoms with E-state index in [2.05, 4.69) is 11.5 Å². The van der Waals surface area contributed by atoms with E-state index in [-0.39, 0.29) is 23.7 Å². The van der Waals surface area contributed by atoms with E-state index in [1.165, 1.54) is 4.31 Å². The van der Waals surface area contributed by atoms with E-state index in [1.54, 1.807) is 6.08 Å². The molecule has 3 rings (SSSR count). The number of aromatic hydroxyl groups is 1. The van der Waals surface area contributed by atoms with Crippen LogP contribution in [0.2, 0.25) is 0 Å². The van der Waals surface area contributed by atoms with E-state index >= 15 is 0 Å². The fourth-order valence-electron chi connectivity index (χ4n) is 4.00. The quantitative estimate of drug-likeness (QED) is 0.583. The van der Waals surface area contributed by atoms with E-state index in [4.69, 9.17) is 4.74 Å². The zero-order valence-electron chi connectivity index (χ0n) is 17.3. The number of rotatable bonds is 8. The molecular weight excluding hydrogens is 428 g/mol. The van der Waals surface area contributed by atoms with Gasteiger partial charge >= 0.3 is 0 Å². The molecule has 8 nitrogen and oxygen atoms in total. The lowest BCUT2D eigenvalue weighted by Crippen LogP contribution is -2.51. The summed E-state index contributed by atoms with van der Waals surface area (Å²) >= 11 is 0. The van der Waals surface area contributed by atoms with Gasteiger partial charge in [-0.1, -0.05) is 6.08 Å². The molecule has 1 atom stereocenters. The van der Waals surface area contributed by atoms with E-state index in [9.17, 15) is 21.9 Å². The summed E-state index contributed by atoms with van der Waals surface area (Å²) in [6.07, 6.45) is 2.42. The lowest BCUT2D eigenvalue weighted by Gasteiger charge is -2.35. The molecule has 2 saturated heterocycles. The Morgan fingerprint density at radius 1 is 1.23 bits per heavy atom. The van der Waals surface area contributed by atoms with Gasteiger partial charge in [0.15, 0.2) is 9.84 Å². The molecule has 1 aromatic rings. The number of allylic oxidation sites excluding steroid dienone is 1. The highest BCUT2D eigenvalue weighted by molar-refractivity contribution is 7.95. The Kier molecular flexibility index (Phi) is 7.11. The molecule has 0 aliphatic carbocycles. The third-order valence-corrected chi connectivity index (χ3v) is 9.92. The van der Waals surface area contributed by atoms with Gasteiger partial charge in [-0.25, -0.2) is 16.8 Å². The minimum Gasteiger partial charge on any atom is -0.507 e. The van der Waals surface area contributed by atoms with Gasteiger partial charge in [0.25, 0.3) is 0 Å². The normalized spacial score (nSPS) is 22.8. The maximum atomic E-state index is 12.8. The third kappa shape index (κ3) is 5.16. The summed E-state index contributed by atoms with van der Waals surface area (Å²) < 4.78 is 56.0. The van der Waals surface area contributed by atoms with Crippen LogP contribution in [0.5, 0.6) is 11.5 Å². The van der Waals surface area contributed by atoms with Crippen LogP contribution in [-0.2, 0) is 32.8 Å². The Bertz CT molecular complexity index is 983. The Labute approximate surface area is 179 Å². The van der Waals surface area contributed by atoms with Crippen LogP contribution in [0.15, 0.2) is 24.8 Å². The third-order valence-electron chi connectivity index (χ3n) is 5.61. The van der Waals surface area contributed by atoms with Crippen LogP contribution in [0.3, 0.4) is 0 Å². The molecule has 2 heterocycles. The molecule has 0 saturated carbocycles. The first-order chi connectivity index (χ1) is 14.2. The van der Waals surface area contributed by atoms with E-state index in [1.807, 2.05) is 19.1 Å². The molecule has 2 aliphatic rings. The number of benzene rings is 1. The summed E-state index contributed by atoms with van der Waals surface area (Å²) in [6.45, 7) is 8.26. The van der Waals surface area contributed by atoms with E-state index in [0.717, 1.165) is 11.1 Å². The zero-order valence-corrected chi connectivity index (χ0v) is 18.9. The Morgan fingerprint density at radius 2 is 1.90 bits per heavy atom. The van der Waals surface area contributed by atoms with Gasteiger partial charge in [-0.3, -0.25) is 4.90 Å². The van der Waals surface area contributed by atoms with Gasteiger partial charge in [-0.05, 0) is 31.9 Å². The Balaban J connectivity index is 1.66. The van der Waals surface area contributed by atoms with Crippen LogP contribution in [0.25, 0.3) is 0 Å². The summed E-state index contributed by atoms with van der Waals surface area (Å²) in [5.74, 6) is 0.564. The van der Waals surface area contributed by atoms with Gasteiger partial charge in [0.05, 0.1) is 23.4 Å². The second kappa shape index (κ2) is 9.25. The number of sulfonamides is 1. The largest absolute Gasteiger partial charge is 0.507 e. The van der Waals surface area contributed by atoms with Crippen LogP contribution < -0.4 is 4.74 Å². The Morgan fingerprint density at radius 3 is 2.47 bits per heavy atom. The summed E-state index contributed by atoms with van der Waals surface area (Å²) in [6, 6.07) is 3.63. The van der Waals surface area contributed by atoms with E-state index < -0.39 is 25.1 Å². The van der Waals surface area contributed by atoms with Crippen molar-refractivity contribution in [2.45, 2.75) is 31.6 Å². The maximum Gasteiger partial charge on any atom is 0.218 e. The molecule has 10 heteroatoms. The van der Waals surface area contributed by atoms with Crippen LogP contribution in [0.4, 0.5) is 0 Å². The van der Waals surface area contributed by atoms with Gasteiger partial charge in [0.1, 0.15) is 11.5 Å². The van der Waals surface area contributed by atoms with Crippen LogP contribution in [-0.4, -0.2) is 80.7 Å². The molecule has 0 amide bonds. The number of phenols is 1. The number of hydrogen-bond donors (Lipinski definition) is 1. The second-order valence-corrected chi connectivity index (χ2v) is 12.2. The van der Waals surface area contributed by atoms with Gasteiger partial charge in [-0.15, -0.1) is 6.58 Å². The van der Waals surface area contributed by atoms with Crippen molar-refractivity contribution in [2.24, 2.45) is 0 Å². The molecule has 0 bridgehead atoms. The van der Waals surface area contributed by atoms with Crippen molar-refractivity contribution in [2.75, 3.05) is 44.3 Å². The minimum absolute atomic E-state index is 0.0562. The van der Waals surface area contributed by atoms with Crippen molar-refractivity contribution in [1.82, 2.24) is 9.21 Å². The van der Waals surface area contributed by atoms with Crippen molar-refractivity contribution in [3.8, 4) is 11.5 Å². The first-order valence-corrected chi connectivity index (χ1v) is 13.5. The molecule has 1 aromatic carbocycles. The summed E-state index contributed by atoms with van der Waals surface area (Å²) in [4.78, 5) is 2.08. The van der Waals surface area contributed by atoms with Crippen molar-refractivity contribution in [1.29, 1.82) is 0 Å². The average molecular weight is 459 g/mol. The number of ether oxygens (including phenoxy) is 1. The molecule has 30 heavy (non-hydrogen) atoms. The predicted molar refractivity (Wildman–Crippen MR) is 116 cm³/mol. The van der Waals surface area contributed by atoms with Crippen molar-refractivity contribution < 1.29 is 26.7 Å². The predicted octanol–water partition coefficient (Wildman–Crippen LogP) is 1.15. The van der Waals surface area contributed by atoms with Crippen molar-refractivity contribution in [3.05, 3.63) is 35.9 Å². The highest BCUT2D eigenvalue weighted by Crippen LogP contribution is 2.31. The molecule has 0 radical (unpaired) electrons. The number of hydrogen-bond acceptors (Lipinski definition) is 7. The molecule has 1 N–H and O–H groups in total. The summed E-state index contributed by atoms with van der Waals surface area (Å²) in [7, 11) is -6.87. The highest BCUT2D eigenvalue weighted by Gasteiger charge is 2.41. The van der Waals surface area contributed by atoms with Crippen molar-refractivity contribution in [3.63, 3.8) is 0 Å². The first-order valence-electron chi connectivity index (χ1n) is 10.2. The topological polar surface area (TPSA) is 104 Å². The van der Waals surface area contributed by atoms with Gasteiger partial charge in [-0.2, -0.15) is 4.31 Å². The monoisotopic (exact) mass is 458 g/mol. The minimum atomic E-state index is -3.62. The second-order valence-electron chi connectivity index (χ2n) is 7.76. The fraction of sp³-hybridized carbons (Fsp3) is 0.600. The highest BCUT2D eigenvalue weighted by atomic mass is 32.2. The maximum absolute atomic E-state index is 12.8. The summed E-state index contributed by atoms with van der Waals surface area (Å²) in [5.41, 5.74) is 1.48. The smallest absolute Gasteiger partial charge is 0.218 e. The molecule has 168 valence electrons. The molecule has 0 aromatic heterocycles. The van der Waals surface area contributed by atoms with Crippen LogP contribution in [0.1, 0.15) is 24.5 Å². The lowest BCUT2D eigenvalue weighted by atomic mass is 10.0. The molecular formula is C20H30N2O6S2. The number of sulfone groups is 1. The van der Waals surface area contributed by atoms with Crippen LogP contribution >= 0.6 is 0 Å². The van der Waals surface area contributed by atoms with Gasteiger partial charge in [0.2, 0.25) is 10.0 Å². The Hall–Kier alpha value is -1.62. The average Bonchev–Trinajstić information content (AvgIpc) is 3.07. The van der Waals surface area contributed by atoms with E-state index in [0.29, 0.717) is 51.5 Å². The van der Waals surface area contributed by atoms with Crippen molar-refractivity contribution >= 4 is 19.9 Å². The number of phenolic OH excluding ortho intramolecular Hbond substituents is 1. The fourth-order valence-corrected chi connectivity index (χ4v) is 8.51. The molecule has 0 spiro atoms. The molecule has 2 aliphatic heterocycles. The standard InChI is InChI=1S/C20H30N2O6S2/c1-3-5-16-12-18(28-4-2)13-17(20(16)23)14-21-7-9-22(10-8-21)30(26,27)19-6-11-29(24,25)15-19/h3,12-13,19,23H,1,4-11,14-15H2,2H3. The first kappa shape index (κ1) is 23.1.